The van der Waals surface area contributed by atoms with Gasteiger partial charge in [0, 0.05) is 106 Å². The van der Waals surface area contributed by atoms with Gasteiger partial charge in [0.2, 0.25) is 0 Å². The average molecular weight is 2070 g/mol. The van der Waals surface area contributed by atoms with Crippen molar-refractivity contribution in [2.45, 2.75) is 217 Å². The van der Waals surface area contributed by atoms with E-state index in [0.717, 1.165) is 88.4 Å². The number of halogens is 2. The maximum Gasteiger partial charge on any atom is 1.00 e. The summed E-state index contributed by atoms with van der Waals surface area (Å²) in [5.41, 5.74) is 32.7. The summed E-state index contributed by atoms with van der Waals surface area (Å²) in [5, 5.41) is 9.77. The van der Waals surface area contributed by atoms with E-state index in [1.165, 1.54) is 0 Å². The number of nitrogens with zero attached hydrogens (tertiary/aromatic N) is 7. The molecule has 0 amide bonds. The van der Waals surface area contributed by atoms with Crippen LogP contribution < -0.4 is 60.5 Å². The van der Waals surface area contributed by atoms with Gasteiger partial charge in [0.05, 0.1) is 148 Å². The topological polar surface area (TPSA) is 459 Å². The number of hydrogen-bond acceptors (Lipinski definition) is 32. The summed E-state index contributed by atoms with van der Waals surface area (Å²) in [7, 11) is -1.53. The minimum atomic E-state index is -0.908. The standard InChI is InChI=1S/C24H28BNO6.C24H23N3O4.C22H19N3O4.C18H16BrNO4.C12H24B2O4.C6H7ClN2.CH4.Li.H2O/c1-6-28-21(27)13-16-9-7-8-10-20(16)30-15-17-14-18(22-19(26-17)11-12-29-22)25-31-23(2,3)24(4,5)32-25;1-2-29-23(28)12-17-5-3-4-6-22(17)31-15-19-13-20(24-21(27-19)8-10-30-24)16-7-9-26-18(11-16)14-25;23-12-16-9-14(5-7-24-16)18-11-17(25-19-6-8-28-22(18)19)13-29-20-4-2-1-3-15(20)10-21(26)27;1-2-22-17(21)9-12-5-3-4-6-16(12)24-11-13-10-14(19)18-15(20-13)7-8-23-18;1-9(2)10(3,4)16-13(15-9)14-17-11(5,6)12(7,8)18-14;7-5-1-2-9-6(3-5)4-8;;;/h7-12,14H,6,13,15H2,1-5H3;3-11,13H,2,12,14-15,25H2,1H3;1-9,11H,10,12-13,23H2,(H,26,27);3-8,10H,2,9,11H2,1H3;1-8H3;1-3H,4,8H2;1H4;;1H2/q;;;;;;;+1;/p-1. The number of ether oxygens (including phenoxy) is 7. The first-order chi connectivity index (χ1) is 68.4. The Kier molecular flexibility index (Phi) is 41.1. The number of fused-ring (bicyclic) bond motifs is 4. The number of esters is 3. The predicted molar refractivity (Wildman–Crippen MR) is 555 cm³/mol. The van der Waals surface area contributed by atoms with Gasteiger partial charge in [0.15, 0.2) is 22.3 Å². The summed E-state index contributed by atoms with van der Waals surface area (Å²) in [6.45, 7) is 32.8. The summed E-state index contributed by atoms with van der Waals surface area (Å²) in [6.07, 6.45) is 11.9. The van der Waals surface area contributed by atoms with Crippen LogP contribution in [0.5, 0.6) is 23.0 Å². The van der Waals surface area contributed by atoms with Crippen molar-refractivity contribution >= 4 is 122 Å². The first-order valence-electron chi connectivity index (χ1n) is 46.7. The van der Waals surface area contributed by atoms with Gasteiger partial charge in [0.25, 0.3) is 0 Å². The molecule has 0 spiro atoms. The molecule has 762 valence electrons. The van der Waals surface area contributed by atoms with Gasteiger partial charge in [0.1, 0.15) is 71.5 Å². The molecule has 11 aromatic heterocycles. The predicted octanol–water partition coefficient (Wildman–Crippen LogP) is 16.6. The zero-order valence-corrected chi connectivity index (χ0v) is 86.4. The number of rotatable bonds is 30. The molecule has 18 rings (SSSR count). The number of carboxylic acids is 1. The molecule has 14 heterocycles. The Morgan fingerprint density at radius 1 is 0.377 bits per heavy atom. The monoisotopic (exact) mass is 2070 g/mol. The van der Waals surface area contributed by atoms with E-state index in [9.17, 15) is 19.2 Å². The fraction of sp³-hybridized carbons (Fsp3) is 0.336. The number of carbonyl (C=O) groups is 4. The van der Waals surface area contributed by atoms with E-state index >= 15 is 0 Å². The number of aliphatic carboxylic acids is 1. The molecule has 0 bridgehead atoms. The van der Waals surface area contributed by atoms with Crippen molar-refractivity contribution in [3.05, 3.63) is 297 Å². The normalized spacial score (nSPS) is 14.5. The van der Waals surface area contributed by atoms with Gasteiger partial charge in [-0.05, 0) is 216 Å². The Labute approximate surface area is 875 Å². The van der Waals surface area contributed by atoms with Gasteiger partial charge in [-0.2, -0.15) is 0 Å². The van der Waals surface area contributed by atoms with E-state index < -0.39 is 38.3 Å². The van der Waals surface area contributed by atoms with Crippen molar-refractivity contribution < 1.29 is 127 Å². The molecule has 0 atom stereocenters. The number of furan rings is 4. The maximum atomic E-state index is 11.9. The smallest absolute Gasteiger partial charge is 0.870 e. The van der Waals surface area contributed by atoms with Crippen molar-refractivity contribution in [3.63, 3.8) is 0 Å². The number of nitrogens with two attached hydrogens (primary N) is 3. The van der Waals surface area contributed by atoms with E-state index in [1.807, 2.05) is 223 Å². The van der Waals surface area contributed by atoms with Crippen LogP contribution in [0.3, 0.4) is 0 Å². The molecule has 0 aliphatic carbocycles. The third-order valence-electron chi connectivity index (χ3n) is 24.4. The van der Waals surface area contributed by atoms with E-state index in [4.69, 9.17) is 113 Å². The van der Waals surface area contributed by atoms with Crippen LogP contribution >= 0.6 is 27.5 Å². The van der Waals surface area contributed by atoms with Crippen molar-refractivity contribution in [2.75, 3.05) is 19.8 Å². The van der Waals surface area contributed by atoms with Gasteiger partial charge in [-0.15, -0.1) is 0 Å². The van der Waals surface area contributed by atoms with E-state index in [2.05, 4.69) is 50.8 Å². The molecular weight excluding hydrogens is 1950 g/mol. The third kappa shape index (κ3) is 29.9. The van der Waals surface area contributed by atoms with Crippen LogP contribution in [-0.4, -0.2) is 144 Å². The molecule has 3 aliphatic heterocycles. The number of hydrogen-bond donors (Lipinski definition) is 4. The second kappa shape index (κ2) is 52.1. The SMILES string of the molecule is C.CC1(C)OB(B2OC(C)(C)C(C)(C)O2)OC1(C)C.CCOC(=O)Cc1ccccc1OCc1cc(-c2ccnc(CN)c2)c2occc2n1.CCOC(=O)Cc1ccccc1OCc1cc(B2OC(C)(C)C(C)(C)O2)c2occc2n1.CCOC(=O)Cc1ccccc1OCc1cc(Br)c2occc2n1.NCc1cc(-c2cc(COc3ccccc3CC(=O)O)nc3ccoc23)ccn1.NCc1cc(Cl)ccn1.[Li+].[OH-]. The zero-order valence-electron chi connectivity index (χ0n) is 84.1. The summed E-state index contributed by atoms with van der Waals surface area (Å²) < 4.78 is 98.4. The molecule has 3 saturated heterocycles. The Balaban J connectivity index is 0.000000184. The molecule has 3 aliphatic rings. The van der Waals surface area contributed by atoms with Gasteiger partial charge in [-0.3, -0.25) is 34.1 Å². The van der Waals surface area contributed by atoms with Crippen LogP contribution in [0.25, 0.3) is 66.7 Å². The van der Waals surface area contributed by atoms with E-state index in [1.54, 1.807) is 107 Å². The molecule has 15 aromatic rings. The summed E-state index contributed by atoms with van der Waals surface area (Å²) in [5.74, 6) is 0.670. The number of aromatic nitrogens is 7. The quantitative estimate of drug-likeness (QED) is 0.0184. The number of carboxylic acid groups (broad SMARTS) is 1. The Morgan fingerprint density at radius 2 is 0.671 bits per heavy atom. The summed E-state index contributed by atoms with van der Waals surface area (Å²) in [6, 6.07) is 55.3. The number of para-hydroxylation sites is 4. The third-order valence-corrected chi connectivity index (χ3v) is 25.3. The van der Waals surface area contributed by atoms with Gasteiger partial charge >= 0.3 is 63.9 Å². The minimum absolute atomic E-state index is 0. The van der Waals surface area contributed by atoms with E-state index in [0.29, 0.717) is 124 Å². The van der Waals surface area contributed by atoms with Crippen molar-refractivity contribution in [1.82, 2.24) is 34.9 Å². The first kappa shape index (κ1) is 115. The summed E-state index contributed by atoms with van der Waals surface area (Å²) >= 11 is 9.10. The van der Waals surface area contributed by atoms with Crippen LogP contribution in [0.1, 0.15) is 173 Å². The molecule has 4 aromatic carbocycles. The minimum Gasteiger partial charge on any atom is -0.870 e. The van der Waals surface area contributed by atoms with Crippen molar-refractivity contribution in [3.8, 4) is 45.3 Å². The Morgan fingerprint density at radius 3 is 1.01 bits per heavy atom. The van der Waals surface area contributed by atoms with Crippen LogP contribution in [0.4, 0.5) is 0 Å². The van der Waals surface area contributed by atoms with Crippen molar-refractivity contribution in [2.24, 2.45) is 17.2 Å². The maximum absolute atomic E-state index is 11.9. The first-order valence-corrected chi connectivity index (χ1v) is 47.9. The van der Waals surface area contributed by atoms with Crippen LogP contribution in [0.15, 0.2) is 248 Å². The summed E-state index contributed by atoms with van der Waals surface area (Å²) in [4.78, 5) is 77.4. The Hall–Kier alpha value is -12.7. The molecule has 0 saturated carbocycles. The molecule has 146 heavy (non-hydrogen) atoms. The van der Waals surface area contributed by atoms with Gasteiger partial charge in [-0.1, -0.05) is 91.8 Å². The molecule has 0 unspecified atom stereocenters. The number of carbonyl (C=O) groups excluding carboxylic acids is 3. The molecule has 33 nitrogen and oxygen atoms in total. The second-order valence-corrected chi connectivity index (χ2v) is 37.5. The molecule has 8 N–H and O–H groups in total. The van der Waals surface area contributed by atoms with Crippen LogP contribution in [0.2, 0.25) is 5.02 Å². The fourth-order valence-electron chi connectivity index (χ4n) is 15.0. The molecular formula is C107H122B3BrClLiN10O23. The molecule has 39 heteroatoms. The average Bonchev–Trinajstić information content (AvgIpc) is 1.60. The van der Waals surface area contributed by atoms with E-state index in [-0.39, 0.29) is 118 Å². The van der Waals surface area contributed by atoms with Gasteiger partial charge in [-0.25, -0.2) is 19.9 Å². The largest absolute Gasteiger partial charge is 1.00 e. The van der Waals surface area contributed by atoms with Crippen molar-refractivity contribution in [1.29, 1.82) is 0 Å². The second-order valence-electron chi connectivity index (χ2n) is 36.2. The Bertz CT molecular complexity index is 6820. The molecule has 0 radical (unpaired) electrons. The number of benzene rings is 4. The van der Waals surface area contributed by atoms with Crippen LogP contribution in [-0.2, 0) is 133 Å². The molecule has 3 fully saturated rings. The fourth-order valence-corrected chi connectivity index (χ4v) is 15.8. The zero-order chi connectivity index (χ0) is 102. The van der Waals surface area contributed by atoms with Crippen LogP contribution in [0, 0.1) is 0 Å². The van der Waals surface area contributed by atoms with Gasteiger partial charge < -0.3 is 107 Å². The number of pyridine rings is 7.